The summed E-state index contributed by atoms with van der Waals surface area (Å²) >= 11 is 5.55. The minimum Gasteiger partial charge on any atom is -0.479 e. The van der Waals surface area contributed by atoms with Crippen molar-refractivity contribution in [2.75, 3.05) is 0 Å². The molecular weight excluding hydrogens is 239 g/mol. The Bertz CT molecular complexity index is 449. The van der Waals surface area contributed by atoms with E-state index in [4.69, 9.17) is 21.4 Å². The lowest BCUT2D eigenvalue weighted by molar-refractivity contribution is -0.147. The number of aliphatic carboxylic acids is 1. The van der Waals surface area contributed by atoms with Crippen LogP contribution in [0.1, 0.15) is 18.1 Å². The van der Waals surface area contributed by atoms with E-state index < -0.39 is 24.0 Å². The van der Waals surface area contributed by atoms with Crippen molar-refractivity contribution in [2.45, 2.75) is 18.6 Å². The number of carbonyl (C=O) groups is 1. The zero-order valence-electron chi connectivity index (χ0n) is 7.98. The monoisotopic (exact) mass is 246 g/mol. The summed E-state index contributed by atoms with van der Waals surface area (Å²) in [6.45, 7) is 0. The molecule has 0 saturated heterocycles. The Hall–Kier alpha value is -1.33. The first-order valence-corrected chi connectivity index (χ1v) is 4.93. The molecule has 0 bridgehead atoms. The molecule has 0 saturated carbocycles. The van der Waals surface area contributed by atoms with Crippen LogP contribution in [0.15, 0.2) is 12.1 Å². The fraction of sp³-hybridized carbons (Fsp3) is 0.300. The molecule has 1 aliphatic rings. The third-order valence-electron chi connectivity index (χ3n) is 2.39. The molecule has 4 nitrogen and oxygen atoms in total. The maximum Gasteiger partial charge on any atom is 0.345 e. The van der Waals surface area contributed by atoms with Gasteiger partial charge in [0.1, 0.15) is 11.6 Å². The second kappa shape index (κ2) is 3.92. The van der Waals surface area contributed by atoms with Gasteiger partial charge < -0.3 is 14.9 Å². The zero-order valence-corrected chi connectivity index (χ0v) is 8.74. The van der Waals surface area contributed by atoms with Crippen LogP contribution in [-0.2, 0) is 4.79 Å². The molecular formula is C10H8ClFO4. The summed E-state index contributed by atoms with van der Waals surface area (Å²) in [5.74, 6) is -1.88. The maximum atomic E-state index is 13.1. The predicted molar refractivity (Wildman–Crippen MR) is 53.0 cm³/mol. The van der Waals surface area contributed by atoms with E-state index in [-0.39, 0.29) is 17.2 Å². The van der Waals surface area contributed by atoms with Gasteiger partial charge in [-0.05, 0) is 6.07 Å². The first kappa shape index (κ1) is 11.2. The van der Waals surface area contributed by atoms with Crippen LogP contribution in [0.2, 0.25) is 5.02 Å². The fourth-order valence-electron chi connectivity index (χ4n) is 1.59. The lowest BCUT2D eigenvalue weighted by Crippen LogP contribution is -2.33. The second-order valence-electron chi connectivity index (χ2n) is 3.50. The van der Waals surface area contributed by atoms with E-state index in [9.17, 15) is 14.3 Å². The number of benzene rings is 1. The van der Waals surface area contributed by atoms with E-state index in [1.54, 1.807) is 0 Å². The van der Waals surface area contributed by atoms with Crippen molar-refractivity contribution in [1.82, 2.24) is 0 Å². The molecule has 1 aliphatic heterocycles. The van der Waals surface area contributed by atoms with Gasteiger partial charge in [0.15, 0.2) is 6.10 Å². The number of aliphatic hydroxyl groups is 1. The molecule has 0 spiro atoms. The molecule has 0 amide bonds. The molecule has 1 aromatic carbocycles. The van der Waals surface area contributed by atoms with Crippen molar-refractivity contribution >= 4 is 17.6 Å². The quantitative estimate of drug-likeness (QED) is 0.792. The normalized spacial score (nSPS) is 23.4. The Kier molecular flexibility index (Phi) is 2.73. The molecule has 2 rings (SSSR count). The number of hydrogen-bond acceptors (Lipinski definition) is 3. The van der Waals surface area contributed by atoms with E-state index in [1.807, 2.05) is 0 Å². The molecule has 2 N–H and O–H groups in total. The molecule has 1 aromatic rings. The number of fused-ring (bicyclic) bond motifs is 1. The standard InChI is InChI=1S/C10H8ClFO4/c11-5-1-4-7(13)3-9(10(14)15)16-8(4)2-6(5)12/h1-2,7,9,13H,3H2,(H,14,15). The van der Waals surface area contributed by atoms with Crippen molar-refractivity contribution in [3.05, 3.63) is 28.5 Å². The van der Waals surface area contributed by atoms with E-state index in [2.05, 4.69) is 0 Å². The Morgan fingerprint density at radius 3 is 2.88 bits per heavy atom. The number of rotatable bonds is 1. The Balaban J connectivity index is 2.42. The van der Waals surface area contributed by atoms with Crippen LogP contribution in [0.3, 0.4) is 0 Å². The topological polar surface area (TPSA) is 66.8 Å². The zero-order chi connectivity index (χ0) is 11.9. The third-order valence-corrected chi connectivity index (χ3v) is 2.68. The molecule has 1 heterocycles. The highest BCUT2D eigenvalue weighted by molar-refractivity contribution is 6.30. The Morgan fingerprint density at radius 1 is 1.56 bits per heavy atom. The van der Waals surface area contributed by atoms with Crippen molar-refractivity contribution < 1.29 is 24.1 Å². The van der Waals surface area contributed by atoms with Crippen molar-refractivity contribution in [2.24, 2.45) is 0 Å². The number of aliphatic hydroxyl groups excluding tert-OH is 1. The number of hydrogen-bond donors (Lipinski definition) is 2. The predicted octanol–water partition coefficient (Wildman–Crippen LogP) is 1.75. The number of carboxylic acid groups (broad SMARTS) is 1. The third kappa shape index (κ3) is 1.83. The van der Waals surface area contributed by atoms with Crippen LogP contribution in [0.25, 0.3) is 0 Å². The number of carboxylic acids is 1. The lowest BCUT2D eigenvalue weighted by Gasteiger charge is -2.27. The van der Waals surface area contributed by atoms with E-state index in [0.29, 0.717) is 5.56 Å². The summed E-state index contributed by atoms with van der Waals surface area (Å²) < 4.78 is 18.2. The van der Waals surface area contributed by atoms with Gasteiger partial charge >= 0.3 is 5.97 Å². The fourth-order valence-corrected chi connectivity index (χ4v) is 1.76. The molecule has 0 fully saturated rings. The minimum atomic E-state index is -1.19. The summed E-state index contributed by atoms with van der Waals surface area (Å²) in [4.78, 5) is 10.7. The first-order chi connectivity index (χ1) is 7.49. The number of ether oxygens (including phenoxy) is 1. The summed E-state index contributed by atoms with van der Waals surface area (Å²) in [5.41, 5.74) is 0.309. The average molecular weight is 247 g/mol. The molecule has 0 radical (unpaired) electrons. The van der Waals surface area contributed by atoms with E-state index in [0.717, 1.165) is 6.07 Å². The highest BCUT2D eigenvalue weighted by Crippen LogP contribution is 2.37. The number of halogens is 2. The van der Waals surface area contributed by atoms with Crippen LogP contribution in [0.5, 0.6) is 5.75 Å². The molecule has 2 atom stereocenters. The van der Waals surface area contributed by atoms with Crippen molar-refractivity contribution in [3.8, 4) is 5.75 Å². The summed E-state index contributed by atoms with van der Waals surface area (Å²) in [5, 5.41) is 18.3. The van der Waals surface area contributed by atoms with Crippen molar-refractivity contribution in [1.29, 1.82) is 0 Å². The van der Waals surface area contributed by atoms with Crippen molar-refractivity contribution in [3.63, 3.8) is 0 Å². The molecule has 6 heteroatoms. The van der Waals surface area contributed by atoms with Gasteiger partial charge in [-0.25, -0.2) is 9.18 Å². The second-order valence-corrected chi connectivity index (χ2v) is 3.91. The minimum absolute atomic E-state index is 0.0213. The SMILES string of the molecule is O=C(O)C1CC(O)c2cc(Cl)c(F)cc2O1. The van der Waals surface area contributed by atoms with E-state index >= 15 is 0 Å². The molecule has 16 heavy (non-hydrogen) atoms. The van der Waals surface area contributed by atoms with Crippen LogP contribution in [-0.4, -0.2) is 22.3 Å². The summed E-state index contributed by atoms with van der Waals surface area (Å²) in [6, 6.07) is 2.23. The van der Waals surface area contributed by atoms with Crippen LogP contribution < -0.4 is 4.74 Å². The van der Waals surface area contributed by atoms with Gasteiger partial charge in [0, 0.05) is 18.1 Å². The molecule has 2 unspecified atom stereocenters. The lowest BCUT2D eigenvalue weighted by atomic mass is 9.99. The maximum absolute atomic E-state index is 13.1. The molecule has 0 aliphatic carbocycles. The first-order valence-electron chi connectivity index (χ1n) is 4.55. The van der Waals surface area contributed by atoms with Gasteiger partial charge in [0.25, 0.3) is 0 Å². The van der Waals surface area contributed by atoms with Crippen LogP contribution in [0.4, 0.5) is 4.39 Å². The Labute approximate surface area is 95.2 Å². The smallest absolute Gasteiger partial charge is 0.345 e. The highest BCUT2D eigenvalue weighted by Gasteiger charge is 2.32. The highest BCUT2D eigenvalue weighted by atomic mass is 35.5. The largest absolute Gasteiger partial charge is 0.479 e. The van der Waals surface area contributed by atoms with Crippen LogP contribution in [0, 0.1) is 5.82 Å². The Morgan fingerprint density at radius 2 is 2.25 bits per heavy atom. The molecule has 86 valence electrons. The average Bonchev–Trinajstić information content (AvgIpc) is 2.20. The van der Waals surface area contributed by atoms with Gasteiger partial charge in [0.2, 0.25) is 0 Å². The van der Waals surface area contributed by atoms with Gasteiger partial charge in [-0.2, -0.15) is 0 Å². The van der Waals surface area contributed by atoms with Gasteiger partial charge in [-0.1, -0.05) is 11.6 Å². The summed E-state index contributed by atoms with van der Waals surface area (Å²) in [7, 11) is 0. The van der Waals surface area contributed by atoms with Gasteiger partial charge in [-0.15, -0.1) is 0 Å². The van der Waals surface area contributed by atoms with Gasteiger partial charge in [0.05, 0.1) is 11.1 Å². The summed E-state index contributed by atoms with van der Waals surface area (Å²) in [6.07, 6.45) is -2.25. The van der Waals surface area contributed by atoms with Gasteiger partial charge in [-0.3, -0.25) is 0 Å². The van der Waals surface area contributed by atoms with Crippen LogP contribution >= 0.6 is 11.6 Å². The van der Waals surface area contributed by atoms with E-state index in [1.165, 1.54) is 6.07 Å². The molecule has 0 aromatic heterocycles.